The molecule has 2 aliphatic rings. The van der Waals surface area contributed by atoms with Gasteiger partial charge in [0.05, 0.1) is 17.9 Å². The van der Waals surface area contributed by atoms with Crippen LogP contribution in [0.1, 0.15) is 31.7 Å². The van der Waals surface area contributed by atoms with Crippen LogP contribution in [-0.2, 0) is 4.74 Å². The topological polar surface area (TPSA) is 80.4 Å². The van der Waals surface area contributed by atoms with Crippen molar-refractivity contribution < 1.29 is 14.9 Å². The molecule has 6 heteroatoms. The molecular formula is C16H21N3O3. The van der Waals surface area contributed by atoms with E-state index in [4.69, 9.17) is 4.74 Å². The van der Waals surface area contributed by atoms with Crippen LogP contribution in [0.25, 0.3) is 11.0 Å². The van der Waals surface area contributed by atoms with Gasteiger partial charge in [-0.2, -0.15) is 0 Å². The fourth-order valence-corrected chi connectivity index (χ4v) is 3.45. The maximum absolute atomic E-state index is 10.6. The molecule has 3 heterocycles. The first kappa shape index (κ1) is 14.1. The van der Waals surface area contributed by atoms with Gasteiger partial charge in [0.2, 0.25) is 0 Å². The van der Waals surface area contributed by atoms with Gasteiger partial charge in [-0.3, -0.25) is 0 Å². The molecule has 0 spiro atoms. The van der Waals surface area contributed by atoms with Crippen molar-refractivity contribution in [2.24, 2.45) is 11.8 Å². The fraction of sp³-hybridized carbons (Fsp3) is 0.625. The molecule has 2 aromatic heterocycles. The van der Waals surface area contributed by atoms with Gasteiger partial charge in [0.1, 0.15) is 18.1 Å². The predicted molar refractivity (Wildman–Crippen MR) is 80.1 cm³/mol. The second kappa shape index (κ2) is 5.01. The van der Waals surface area contributed by atoms with Crippen LogP contribution in [0.3, 0.4) is 0 Å². The van der Waals surface area contributed by atoms with Gasteiger partial charge in [-0.1, -0.05) is 6.92 Å². The minimum atomic E-state index is -0.663. The van der Waals surface area contributed by atoms with E-state index in [0.29, 0.717) is 5.92 Å². The summed E-state index contributed by atoms with van der Waals surface area (Å²) in [4.78, 5) is 8.51. The summed E-state index contributed by atoms with van der Waals surface area (Å²) < 4.78 is 7.90. The predicted octanol–water partition coefficient (Wildman–Crippen LogP) is 1.41. The molecule has 5 atom stereocenters. The van der Waals surface area contributed by atoms with Crippen molar-refractivity contribution in [3.8, 4) is 0 Å². The van der Waals surface area contributed by atoms with Crippen LogP contribution in [-0.4, -0.2) is 43.1 Å². The standard InChI is InChI=1S/C16H21N3O3/c1-8-12(20)16(22-14(8)13(21)10-3-4-10)19-6-5-11-9(2)17-7-18-15(11)19/h5-8,10,12-14,16,20-21H,3-4H2,1-2H3. The highest BCUT2D eigenvalue weighted by molar-refractivity contribution is 5.78. The summed E-state index contributed by atoms with van der Waals surface area (Å²) in [6.45, 7) is 3.87. The van der Waals surface area contributed by atoms with Crippen LogP contribution in [0, 0.1) is 18.8 Å². The normalized spacial score (nSPS) is 33.5. The van der Waals surface area contributed by atoms with Gasteiger partial charge in [0, 0.05) is 17.5 Å². The van der Waals surface area contributed by atoms with E-state index in [1.165, 1.54) is 6.33 Å². The number of aliphatic hydroxyl groups excluding tert-OH is 2. The third-order valence-corrected chi connectivity index (χ3v) is 5.07. The third kappa shape index (κ3) is 2.06. The molecule has 22 heavy (non-hydrogen) atoms. The van der Waals surface area contributed by atoms with E-state index in [0.717, 1.165) is 29.6 Å². The Bertz CT molecular complexity index is 697. The van der Waals surface area contributed by atoms with E-state index >= 15 is 0 Å². The van der Waals surface area contributed by atoms with Gasteiger partial charge < -0.3 is 19.5 Å². The number of aliphatic hydroxyl groups is 2. The lowest BCUT2D eigenvalue weighted by Gasteiger charge is -2.21. The van der Waals surface area contributed by atoms with Crippen LogP contribution >= 0.6 is 0 Å². The molecule has 1 aliphatic heterocycles. The van der Waals surface area contributed by atoms with Gasteiger partial charge in [-0.15, -0.1) is 0 Å². The van der Waals surface area contributed by atoms with Gasteiger partial charge in [-0.25, -0.2) is 9.97 Å². The van der Waals surface area contributed by atoms with Crippen molar-refractivity contribution in [3.63, 3.8) is 0 Å². The Morgan fingerprint density at radius 2 is 2.14 bits per heavy atom. The summed E-state index contributed by atoms with van der Waals surface area (Å²) in [7, 11) is 0. The summed E-state index contributed by atoms with van der Waals surface area (Å²) >= 11 is 0. The average Bonchev–Trinajstić information content (AvgIpc) is 3.21. The van der Waals surface area contributed by atoms with E-state index in [9.17, 15) is 10.2 Å². The highest BCUT2D eigenvalue weighted by Crippen LogP contribution is 2.43. The first-order valence-corrected chi connectivity index (χ1v) is 7.87. The Hall–Kier alpha value is -1.50. The number of aromatic nitrogens is 3. The number of hydrogen-bond donors (Lipinski definition) is 2. The molecule has 0 bridgehead atoms. The molecule has 1 saturated carbocycles. The monoisotopic (exact) mass is 303 g/mol. The molecule has 0 aromatic carbocycles. The number of hydrogen-bond acceptors (Lipinski definition) is 5. The lowest BCUT2D eigenvalue weighted by atomic mass is 9.94. The molecule has 1 saturated heterocycles. The van der Waals surface area contributed by atoms with E-state index in [2.05, 4.69) is 9.97 Å². The van der Waals surface area contributed by atoms with Crippen molar-refractivity contribution >= 4 is 11.0 Å². The number of rotatable bonds is 3. The van der Waals surface area contributed by atoms with E-state index in [-0.39, 0.29) is 12.0 Å². The van der Waals surface area contributed by atoms with Gasteiger partial charge in [0.15, 0.2) is 6.23 Å². The Balaban J connectivity index is 1.68. The van der Waals surface area contributed by atoms with Crippen LogP contribution in [0.4, 0.5) is 0 Å². The van der Waals surface area contributed by atoms with E-state index in [1.807, 2.05) is 30.7 Å². The minimum absolute atomic E-state index is 0.110. The SMILES string of the molecule is Cc1ncnc2c1ccn2C1OC(C(O)C2CC2)C(C)C1O. The molecule has 2 fully saturated rings. The van der Waals surface area contributed by atoms with E-state index in [1.54, 1.807) is 0 Å². The maximum atomic E-state index is 10.6. The lowest BCUT2D eigenvalue weighted by molar-refractivity contribution is -0.0818. The highest BCUT2D eigenvalue weighted by Gasteiger charge is 2.48. The third-order valence-electron chi connectivity index (χ3n) is 5.07. The van der Waals surface area contributed by atoms with Crippen molar-refractivity contribution in [3.05, 3.63) is 24.3 Å². The molecular weight excluding hydrogens is 282 g/mol. The Kier molecular flexibility index (Phi) is 3.21. The first-order chi connectivity index (χ1) is 10.6. The zero-order chi connectivity index (χ0) is 15.4. The molecule has 4 rings (SSSR count). The number of ether oxygens (including phenoxy) is 1. The Labute approximate surface area is 128 Å². The van der Waals surface area contributed by atoms with Crippen LogP contribution in [0.5, 0.6) is 0 Å². The number of nitrogens with zero attached hydrogens (tertiary/aromatic N) is 3. The molecule has 2 aromatic rings. The average molecular weight is 303 g/mol. The molecule has 0 amide bonds. The first-order valence-electron chi connectivity index (χ1n) is 7.87. The number of fused-ring (bicyclic) bond motifs is 1. The lowest BCUT2D eigenvalue weighted by Crippen LogP contribution is -2.33. The molecule has 1 aliphatic carbocycles. The quantitative estimate of drug-likeness (QED) is 0.896. The minimum Gasteiger partial charge on any atom is -0.390 e. The molecule has 0 radical (unpaired) electrons. The summed E-state index contributed by atoms with van der Waals surface area (Å²) in [6.07, 6.45) is 3.50. The zero-order valence-electron chi connectivity index (χ0n) is 12.8. The van der Waals surface area contributed by atoms with Crippen molar-refractivity contribution in [2.45, 2.75) is 51.2 Å². The Morgan fingerprint density at radius 3 is 2.86 bits per heavy atom. The van der Waals surface area contributed by atoms with Crippen LogP contribution in [0.2, 0.25) is 0 Å². The maximum Gasteiger partial charge on any atom is 0.162 e. The summed E-state index contributed by atoms with van der Waals surface area (Å²) in [6, 6.07) is 1.94. The largest absolute Gasteiger partial charge is 0.390 e. The van der Waals surface area contributed by atoms with Gasteiger partial charge in [0.25, 0.3) is 0 Å². The molecule has 6 nitrogen and oxygen atoms in total. The van der Waals surface area contributed by atoms with Crippen LogP contribution in [0.15, 0.2) is 18.6 Å². The second-order valence-corrected chi connectivity index (χ2v) is 6.59. The number of aryl methyl sites for hydroxylation is 1. The summed E-state index contributed by atoms with van der Waals surface area (Å²) in [5, 5.41) is 21.9. The molecule has 5 unspecified atom stereocenters. The second-order valence-electron chi connectivity index (χ2n) is 6.59. The van der Waals surface area contributed by atoms with Crippen molar-refractivity contribution in [2.75, 3.05) is 0 Å². The fourth-order valence-electron chi connectivity index (χ4n) is 3.45. The van der Waals surface area contributed by atoms with E-state index < -0.39 is 18.4 Å². The zero-order valence-corrected chi connectivity index (χ0v) is 12.8. The Morgan fingerprint density at radius 1 is 1.36 bits per heavy atom. The smallest absolute Gasteiger partial charge is 0.162 e. The van der Waals surface area contributed by atoms with Crippen LogP contribution < -0.4 is 0 Å². The highest BCUT2D eigenvalue weighted by atomic mass is 16.5. The molecule has 118 valence electrons. The van der Waals surface area contributed by atoms with Gasteiger partial charge >= 0.3 is 0 Å². The summed E-state index contributed by atoms with van der Waals surface area (Å²) in [5.74, 6) is 0.213. The summed E-state index contributed by atoms with van der Waals surface area (Å²) in [5.41, 5.74) is 1.66. The van der Waals surface area contributed by atoms with Crippen molar-refractivity contribution in [1.82, 2.24) is 14.5 Å². The van der Waals surface area contributed by atoms with Gasteiger partial charge in [-0.05, 0) is 31.7 Å². The molecule has 2 N–H and O–H groups in total. The van der Waals surface area contributed by atoms with Crippen molar-refractivity contribution in [1.29, 1.82) is 0 Å².